The molecule has 2 atom stereocenters. The van der Waals surface area contributed by atoms with Crippen molar-refractivity contribution in [2.45, 2.75) is 43.9 Å². The van der Waals surface area contributed by atoms with Gasteiger partial charge in [0, 0.05) is 42.5 Å². The third-order valence-electron chi connectivity index (χ3n) is 7.17. The maximum absolute atomic E-state index is 13.3. The lowest BCUT2D eigenvalue weighted by Crippen LogP contribution is -2.41. The number of carbonyl (C=O) groups is 1. The van der Waals surface area contributed by atoms with Gasteiger partial charge in [0.25, 0.3) is 0 Å². The Bertz CT molecular complexity index is 1360. The molecule has 3 N–H and O–H groups in total. The van der Waals surface area contributed by atoms with E-state index in [4.69, 9.17) is 11.0 Å². The van der Waals surface area contributed by atoms with Gasteiger partial charge in [-0.2, -0.15) is 23.5 Å². The van der Waals surface area contributed by atoms with Gasteiger partial charge >= 0.3 is 12.2 Å². The number of aromatic nitrogens is 3. The van der Waals surface area contributed by atoms with Crippen LogP contribution in [-0.4, -0.2) is 38.8 Å². The van der Waals surface area contributed by atoms with Crippen LogP contribution in [-0.2, 0) is 18.1 Å². The van der Waals surface area contributed by atoms with Gasteiger partial charge in [-0.25, -0.2) is 9.78 Å². The Labute approximate surface area is 205 Å². The van der Waals surface area contributed by atoms with Crippen molar-refractivity contribution in [3.8, 4) is 17.3 Å². The monoisotopic (exact) mass is 495 g/mol. The molecule has 3 aromatic rings. The van der Waals surface area contributed by atoms with Crippen molar-refractivity contribution in [3.05, 3.63) is 65.0 Å². The molecule has 36 heavy (non-hydrogen) atoms. The predicted octanol–water partition coefficient (Wildman–Crippen LogP) is 4.24. The first-order chi connectivity index (χ1) is 17.1. The van der Waals surface area contributed by atoms with Crippen LogP contribution in [0.25, 0.3) is 11.3 Å². The number of nitrogens with one attached hydrogen (secondary N) is 1. The highest BCUT2D eigenvalue weighted by molar-refractivity contribution is 5.75. The van der Waals surface area contributed by atoms with E-state index >= 15 is 0 Å². The lowest BCUT2D eigenvalue weighted by Gasteiger charge is -2.25. The van der Waals surface area contributed by atoms with Crippen LogP contribution in [0.4, 0.5) is 23.8 Å². The summed E-state index contributed by atoms with van der Waals surface area (Å²) in [7, 11) is 0. The Morgan fingerprint density at radius 3 is 2.64 bits per heavy atom. The van der Waals surface area contributed by atoms with E-state index in [9.17, 15) is 18.0 Å². The molecule has 1 aromatic carbocycles. The van der Waals surface area contributed by atoms with E-state index in [0.29, 0.717) is 30.9 Å². The fourth-order valence-corrected chi connectivity index (χ4v) is 5.11. The number of halogens is 3. The molecular weight excluding hydrogens is 471 g/mol. The Morgan fingerprint density at radius 2 is 1.94 bits per heavy atom. The van der Waals surface area contributed by atoms with Gasteiger partial charge in [0.15, 0.2) is 0 Å². The van der Waals surface area contributed by atoms with Crippen molar-refractivity contribution in [1.29, 1.82) is 5.26 Å². The molecule has 0 bridgehead atoms. The molecule has 1 saturated heterocycles. The summed E-state index contributed by atoms with van der Waals surface area (Å²) in [5.41, 5.74) is 7.17. The number of amides is 2. The summed E-state index contributed by atoms with van der Waals surface area (Å²) in [6.07, 6.45) is -1.76. The second kappa shape index (κ2) is 8.55. The highest BCUT2D eigenvalue weighted by Gasteiger charge is 2.47. The average molecular weight is 496 g/mol. The number of pyridine rings is 1. The number of anilines is 1. The van der Waals surface area contributed by atoms with Crippen LogP contribution in [0, 0.1) is 11.3 Å². The number of hydrogen-bond donors (Lipinski definition) is 2. The van der Waals surface area contributed by atoms with Crippen molar-refractivity contribution in [2.75, 3.05) is 18.8 Å². The number of benzene rings is 1. The number of urea groups is 1. The molecule has 1 fully saturated rings. The first kappa shape index (κ1) is 23.7. The van der Waals surface area contributed by atoms with Crippen molar-refractivity contribution in [1.82, 2.24) is 25.0 Å². The Balaban J connectivity index is 1.32. The molecule has 2 aliphatic heterocycles. The van der Waals surface area contributed by atoms with E-state index in [1.165, 1.54) is 6.20 Å². The first-order valence-corrected chi connectivity index (χ1v) is 11.6. The smallest absolute Gasteiger partial charge is 0.383 e. The van der Waals surface area contributed by atoms with Gasteiger partial charge in [-0.05, 0) is 49.6 Å². The van der Waals surface area contributed by atoms with Gasteiger partial charge in [0.05, 0.1) is 28.9 Å². The third-order valence-corrected chi connectivity index (χ3v) is 7.17. The minimum Gasteiger partial charge on any atom is -0.383 e. The van der Waals surface area contributed by atoms with Gasteiger partial charge in [0.1, 0.15) is 5.82 Å². The van der Waals surface area contributed by atoms with Gasteiger partial charge in [-0.15, -0.1) is 0 Å². The molecule has 8 nitrogen and oxygen atoms in total. The maximum atomic E-state index is 13.3. The highest BCUT2D eigenvalue weighted by Crippen LogP contribution is 2.44. The highest BCUT2D eigenvalue weighted by atomic mass is 19.4. The summed E-state index contributed by atoms with van der Waals surface area (Å²) in [5, 5.41) is 16.5. The number of nitrogen functional groups attached to an aromatic ring is 1. The van der Waals surface area contributed by atoms with Crippen molar-refractivity contribution in [2.24, 2.45) is 0 Å². The maximum Gasteiger partial charge on any atom is 0.419 e. The van der Waals surface area contributed by atoms with Crippen molar-refractivity contribution < 1.29 is 18.0 Å². The van der Waals surface area contributed by atoms with Gasteiger partial charge in [-0.3, -0.25) is 4.68 Å². The fourth-order valence-electron chi connectivity index (χ4n) is 5.11. The number of nitrogens with zero attached hydrogens (tertiary/aromatic N) is 5. The van der Waals surface area contributed by atoms with Crippen LogP contribution in [0.3, 0.4) is 0 Å². The van der Waals surface area contributed by atoms with E-state index in [0.717, 1.165) is 30.2 Å². The number of nitrogens with two attached hydrogens (primary N) is 1. The average Bonchev–Trinajstić information content (AvgIpc) is 3.55. The van der Waals surface area contributed by atoms with E-state index in [-0.39, 0.29) is 23.1 Å². The second-order valence-corrected chi connectivity index (χ2v) is 9.40. The number of carbonyl (C=O) groups excluding carboxylic acids is 1. The molecule has 11 heteroatoms. The normalized spacial score (nSPS) is 19.8. The zero-order chi connectivity index (χ0) is 25.7. The largest absolute Gasteiger partial charge is 0.419 e. The van der Waals surface area contributed by atoms with Crippen LogP contribution < -0.4 is 11.1 Å². The standard InChI is InChI=1S/C25H24F3N7O/c1-15(17-4-2-16(12-29)3-5-17)32-23(36)34-8-6-24(14-34)7-9-35-21(24)11-20(33-35)18-10-19(25(26,27)28)22(30)31-13-18/h2-5,10-11,13,15H,6-9,14H2,1H3,(H2,30,31)(H,32,36)/t15-,24?/m1/s1. The summed E-state index contributed by atoms with van der Waals surface area (Å²) in [6.45, 7) is 3.57. The van der Waals surface area contributed by atoms with Crippen LogP contribution in [0.1, 0.15) is 48.2 Å². The van der Waals surface area contributed by atoms with E-state index in [2.05, 4.69) is 21.5 Å². The molecule has 0 saturated carbocycles. The molecule has 5 rings (SSSR count). The number of alkyl halides is 3. The van der Waals surface area contributed by atoms with Crippen molar-refractivity contribution in [3.63, 3.8) is 0 Å². The number of fused-ring (bicyclic) bond motifs is 2. The lowest BCUT2D eigenvalue weighted by molar-refractivity contribution is -0.137. The topological polar surface area (TPSA) is 113 Å². The third kappa shape index (κ3) is 4.12. The minimum absolute atomic E-state index is 0.181. The zero-order valence-electron chi connectivity index (χ0n) is 19.5. The summed E-state index contributed by atoms with van der Waals surface area (Å²) in [5.74, 6) is -0.567. The first-order valence-electron chi connectivity index (χ1n) is 11.6. The molecule has 0 radical (unpaired) electrons. The molecule has 2 aromatic heterocycles. The molecule has 186 valence electrons. The van der Waals surface area contributed by atoms with Crippen molar-refractivity contribution >= 4 is 11.8 Å². The molecule has 2 aliphatic rings. The summed E-state index contributed by atoms with van der Waals surface area (Å²) in [6, 6.07) is 11.5. The summed E-state index contributed by atoms with van der Waals surface area (Å²) in [4.78, 5) is 18.5. The Kier molecular flexibility index (Phi) is 5.62. The molecule has 4 heterocycles. The molecular formula is C25H24F3N7O. The Hall–Kier alpha value is -4.07. The van der Waals surface area contributed by atoms with E-state index < -0.39 is 17.6 Å². The van der Waals surface area contributed by atoms with Crippen LogP contribution in [0.2, 0.25) is 0 Å². The molecule has 1 spiro atoms. The predicted molar refractivity (Wildman–Crippen MR) is 125 cm³/mol. The van der Waals surface area contributed by atoms with Gasteiger partial charge in [0.2, 0.25) is 0 Å². The molecule has 2 amide bonds. The second-order valence-electron chi connectivity index (χ2n) is 9.40. The zero-order valence-corrected chi connectivity index (χ0v) is 19.5. The quantitative estimate of drug-likeness (QED) is 0.565. The number of hydrogen-bond acceptors (Lipinski definition) is 5. The number of nitriles is 1. The van der Waals surface area contributed by atoms with Crippen LogP contribution >= 0.6 is 0 Å². The number of aryl methyl sites for hydroxylation is 1. The van der Waals surface area contributed by atoms with E-state index in [1.807, 2.05) is 23.7 Å². The van der Waals surface area contributed by atoms with Crippen LogP contribution in [0.15, 0.2) is 42.6 Å². The fraction of sp³-hybridized carbons (Fsp3) is 0.360. The minimum atomic E-state index is -4.61. The van der Waals surface area contributed by atoms with E-state index in [1.54, 1.807) is 23.1 Å². The van der Waals surface area contributed by atoms with Gasteiger partial charge < -0.3 is 16.0 Å². The SMILES string of the molecule is C[C@@H](NC(=O)N1CCC2(CCn3nc(-c4cnc(N)c(C(F)(F)F)c4)cc32)C1)c1ccc(C#N)cc1. The molecule has 0 aliphatic carbocycles. The van der Waals surface area contributed by atoms with Crippen LogP contribution in [0.5, 0.6) is 0 Å². The summed E-state index contributed by atoms with van der Waals surface area (Å²) >= 11 is 0. The Morgan fingerprint density at radius 1 is 1.22 bits per heavy atom. The van der Waals surface area contributed by atoms with Gasteiger partial charge in [-0.1, -0.05) is 12.1 Å². The number of rotatable bonds is 3. The molecule has 1 unspecified atom stereocenters. The number of likely N-dealkylation sites (tertiary alicyclic amines) is 1. The lowest BCUT2D eigenvalue weighted by atomic mass is 9.82. The summed E-state index contributed by atoms with van der Waals surface area (Å²) < 4.78 is 41.7.